The van der Waals surface area contributed by atoms with E-state index in [2.05, 4.69) is 0 Å². The summed E-state index contributed by atoms with van der Waals surface area (Å²) >= 11 is 6.05. The second kappa shape index (κ2) is 4.86. The van der Waals surface area contributed by atoms with Gasteiger partial charge in [-0.25, -0.2) is 0 Å². The number of halogens is 1. The maximum atomic E-state index is 6.05. The Bertz CT molecular complexity index is 302. The molecule has 0 spiro atoms. The molecule has 0 aliphatic heterocycles. The summed E-state index contributed by atoms with van der Waals surface area (Å²) in [5, 5.41) is 0.0960. The van der Waals surface area contributed by atoms with Crippen LogP contribution in [0.25, 0.3) is 0 Å². The zero-order valence-electron chi connectivity index (χ0n) is 8.73. The van der Waals surface area contributed by atoms with Crippen molar-refractivity contribution in [3.05, 3.63) is 30.3 Å². The molecule has 0 amide bonds. The highest BCUT2D eigenvalue weighted by Crippen LogP contribution is 2.32. The van der Waals surface area contributed by atoms with Crippen molar-refractivity contribution in [3.8, 4) is 5.75 Å². The second-order valence-corrected chi connectivity index (χ2v) is 4.20. The number of rotatable bonds is 4. The first-order valence-corrected chi connectivity index (χ1v) is 5.72. The molecule has 82 valence electrons. The van der Waals surface area contributed by atoms with Crippen LogP contribution in [-0.4, -0.2) is 24.2 Å². The molecule has 1 aromatic rings. The number of ether oxygens (including phenoxy) is 2. The first-order chi connectivity index (χ1) is 7.31. The van der Waals surface area contributed by atoms with E-state index in [9.17, 15) is 0 Å². The lowest BCUT2D eigenvalue weighted by Gasteiger charge is -2.40. The molecule has 2 nitrogen and oxygen atoms in total. The van der Waals surface area contributed by atoms with Crippen LogP contribution in [0, 0.1) is 0 Å². The maximum Gasteiger partial charge on any atom is 0.128 e. The van der Waals surface area contributed by atoms with Gasteiger partial charge in [0.15, 0.2) is 0 Å². The minimum atomic E-state index is 0.0388. The van der Waals surface area contributed by atoms with Gasteiger partial charge in [-0.1, -0.05) is 18.2 Å². The van der Waals surface area contributed by atoms with Crippen LogP contribution < -0.4 is 4.74 Å². The number of benzene rings is 1. The SMILES string of the molecule is CCOC1C(Cl)CC1Oc1ccccc1. The zero-order valence-corrected chi connectivity index (χ0v) is 9.48. The van der Waals surface area contributed by atoms with E-state index < -0.39 is 0 Å². The molecule has 1 aliphatic carbocycles. The third-order valence-corrected chi connectivity index (χ3v) is 3.00. The highest BCUT2D eigenvalue weighted by atomic mass is 35.5. The molecule has 15 heavy (non-hydrogen) atoms. The Morgan fingerprint density at radius 2 is 2.07 bits per heavy atom. The third-order valence-electron chi connectivity index (χ3n) is 2.57. The van der Waals surface area contributed by atoms with E-state index in [0.29, 0.717) is 6.61 Å². The van der Waals surface area contributed by atoms with Gasteiger partial charge in [0, 0.05) is 13.0 Å². The van der Waals surface area contributed by atoms with Crippen molar-refractivity contribution in [1.82, 2.24) is 0 Å². The zero-order chi connectivity index (χ0) is 10.7. The average Bonchev–Trinajstić information content (AvgIpc) is 2.27. The van der Waals surface area contributed by atoms with Gasteiger partial charge in [-0.15, -0.1) is 11.6 Å². The Balaban J connectivity index is 1.91. The molecule has 0 N–H and O–H groups in total. The summed E-state index contributed by atoms with van der Waals surface area (Å²) in [6.07, 6.45) is 1.01. The molecule has 1 fully saturated rings. The normalized spacial score (nSPS) is 29.6. The molecule has 3 unspecified atom stereocenters. The van der Waals surface area contributed by atoms with Crippen LogP contribution in [0.1, 0.15) is 13.3 Å². The number of alkyl halides is 1. The molecule has 3 atom stereocenters. The molecular formula is C12H15ClO2. The lowest BCUT2D eigenvalue weighted by molar-refractivity contribution is -0.0759. The molecule has 1 aliphatic rings. The van der Waals surface area contributed by atoms with Crippen molar-refractivity contribution < 1.29 is 9.47 Å². The molecular weight excluding hydrogens is 212 g/mol. The first-order valence-electron chi connectivity index (χ1n) is 5.28. The number of hydrogen-bond donors (Lipinski definition) is 0. The lowest BCUT2D eigenvalue weighted by Crippen LogP contribution is -2.52. The largest absolute Gasteiger partial charge is 0.488 e. The van der Waals surface area contributed by atoms with Gasteiger partial charge in [-0.05, 0) is 19.1 Å². The Morgan fingerprint density at radius 1 is 1.33 bits per heavy atom. The van der Waals surface area contributed by atoms with Gasteiger partial charge in [0.25, 0.3) is 0 Å². The van der Waals surface area contributed by atoms with Crippen LogP contribution in [0.15, 0.2) is 30.3 Å². The van der Waals surface area contributed by atoms with Crippen LogP contribution >= 0.6 is 11.6 Å². The third kappa shape index (κ3) is 2.44. The quantitative estimate of drug-likeness (QED) is 0.735. The summed E-state index contributed by atoms with van der Waals surface area (Å²) < 4.78 is 11.3. The summed E-state index contributed by atoms with van der Waals surface area (Å²) in [7, 11) is 0. The summed E-state index contributed by atoms with van der Waals surface area (Å²) in [6.45, 7) is 2.66. The topological polar surface area (TPSA) is 18.5 Å². The molecule has 1 aromatic carbocycles. The Labute approximate surface area is 95.1 Å². The smallest absolute Gasteiger partial charge is 0.128 e. The van der Waals surface area contributed by atoms with Gasteiger partial charge in [0.05, 0.1) is 5.38 Å². The van der Waals surface area contributed by atoms with E-state index in [-0.39, 0.29) is 17.6 Å². The average molecular weight is 227 g/mol. The van der Waals surface area contributed by atoms with Gasteiger partial charge < -0.3 is 9.47 Å². The maximum absolute atomic E-state index is 6.05. The number of hydrogen-bond acceptors (Lipinski definition) is 2. The molecule has 3 heteroatoms. The fourth-order valence-corrected chi connectivity index (χ4v) is 2.13. The van der Waals surface area contributed by atoms with Crippen molar-refractivity contribution in [1.29, 1.82) is 0 Å². The number of para-hydroxylation sites is 1. The summed E-state index contributed by atoms with van der Waals surface area (Å²) in [5.74, 6) is 0.885. The van der Waals surface area contributed by atoms with E-state index in [1.807, 2.05) is 37.3 Å². The van der Waals surface area contributed by atoms with Gasteiger partial charge in [-0.3, -0.25) is 0 Å². The fraction of sp³-hybridized carbons (Fsp3) is 0.500. The Kier molecular flexibility index (Phi) is 3.49. The van der Waals surface area contributed by atoms with Crippen molar-refractivity contribution >= 4 is 11.6 Å². The van der Waals surface area contributed by atoms with Crippen LogP contribution in [0.5, 0.6) is 5.75 Å². The highest BCUT2D eigenvalue weighted by Gasteiger charge is 2.42. The summed E-state index contributed by atoms with van der Waals surface area (Å²) in [6, 6.07) is 9.79. The molecule has 2 rings (SSSR count). The first kappa shape index (κ1) is 10.8. The summed E-state index contributed by atoms with van der Waals surface area (Å²) in [4.78, 5) is 0. The molecule has 0 bridgehead atoms. The van der Waals surface area contributed by atoms with Crippen LogP contribution in [-0.2, 0) is 4.74 Å². The van der Waals surface area contributed by atoms with Gasteiger partial charge in [-0.2, -0.15) is 0 Å². The summed E-state index contributed by atoms with van der Waals surface area (Å²) in [5.41, 5.74) is 0. The minimum Gasteiger partial charge on any atom is -0.488 e. The Hall–Kier alpha value is -0.730. The minimum absolute atomic E-state index is 0.0388. The Morgan fingerprint density at radius 3 is 2.67 bits per heavy atom. The van der Waals surface area contributed by atoms with Crippen molar-refractivity contribution in [2.24, 2.45) is 0 Å². The molecule has 0 heterocycles. The molecule has 0 radical (unpaired) electrons. The van der Waals surface area contributed by atoms with Gasteiger partial charge in [0.2, 0.25) is 0 Å². The van der Waals surface area contributed by atoms with E-state index >= 15 is 0 Å². The monoisotopic (exact) mass is 226 g/mol. The van der Waals surface area contributed by atoms with E-state index in [1.54, 1.807) is 0 Å². The van der Waals surface area contributed by atoms with Crippen molar-refractivity contribution in [2.75, 3.05) is 6.61 Å². The highest BCUT2D eigenvalue weighted by molar-refractivity contribution is 6.21. The predicted molar refractivity (Wildman–Crippen MR) is 60.5 cm³/mol. The molecule has 0 saturated heterocycles. The predicted octanol–water partition coefficient (Wildman–Crippen LogP) is 2.85. The van der Waals surface area contributed by atoms with E-state index in [4.69, 9.17) is 21.1 Å². The van der Waals surface area contributed by atoms with Gasteiger partial charge >= 0.3 is 0 Å². The van der Waals surface area contributed by atoms with Crippen LogP contribution in [0.2, 0.25) is 0 Å². The van der Waals surface area contributed by atoms with E-state index in [1.165, 1.54) is 0 Å². The lowest BCUT2D eigenvalue weighted by atomic mass is 9.91. The molecule has 0 aromatic heterocycles. The molecule has 1 saturated carbocycles. The van der Waals surface area contributed by atoms with Crippen molar-refractivity contribution in [3.63, 3.8) is 0 Å². The fourth-order valence-electron chi connectivity index (χ4n) is 1.72. The van der Waals surface area contributed by atoms with Crippen LogP contribution in [0.3, 0.4) is 0 Å². The van der Waals surface area contributed by atoms with Crippen LogP contribution in [0.4, 0.5) is 0 Å². The van der Waals surface area contributed by atoms with Gasteiger partial charge in [0.1, 0.15) is 18.0 Å². The van der Waals surface area contributed by atoms with Crippen molar-refractivity contribution in [2.45, 2.75) is 30.9 Å². The van der Waals surface area contributed by atoms with E-state index in [0.717, 1.165) is 12.2 Å². The second-order valence-electron chi connectivity index (χ2n) is 3.64. The standard InChI is InChI=1S/C12H15ClO2/c1-2-14-12-10(13)8-11(12)15-9-6-4-3-5-7-9/h3-7,10-12H,2,8H2,1H3.